The highest BCUT2D eigenvalue weighted by molar-refractivity contribution is 9.10. The molecule has 10 heteroatoms. The van der Waals surface area contributed by atoms with Gasteiger partial charge >= 0.3 is 5.69 Å². The largest absolute Gasteiger partial charge is 0.489 e. The molecule has 25 heavy (non-hydrogen) atoms. The molecule has 7 nitrogen and oxygen atoms in total. The van der Waals surface area contributed by atoms with Gasteiger partial charge in [-0.25, -0.2) is 8.42 Å². The molecule has 2 rings (SSSR count). The molecule has 0 radical (unpaired) electrons. The quantitative estimate of drug-likeness (QED) is 0.537. The average Bonchev–Trinajstić information content (AvgIpc) is 2.51. The van der Waals surface area contributed by atoms with Gasteiger partial charge in [0.05, 0.1) is 22.7 Å². The minimum atomic E-state index is -4.12. The van der Waals surface area contributed by atoms with Crippen LogP contribution in [0.1, 0.15) is 11.1 Å². The van der Waals surface area contributed by atoms with E-state index in [-0.39, 0.29) is 20.1 Å². The molecular formula is C15H14BrClN2O5S. The number of hydrogen-bond donors (Lipinski definition) is 1. The Bertz CT molecular complexity index is 963. The summed E-state index contributed by atoms with van der Waals surface area (Å²) in [5.41, 5.74) is 1.50. The highest BCUT2D eigenvalue weighted by Crippen LogP contribution is 2.44. The lowest BCUT2D eigenvalue weighted by Crippen LogP contribution is -2.15. The number of aryl methyl sites for hydroxylation is 2. The van der Waals surface area contributed by atoms with Gasteiger partial charge in [0, 0.05) is 0 Å². The second kappa shape index (κ2) is 7.19. The molecule has 2 aromatic carbocycles. The molecule has 0 aliphatic rings. The number of rotatable bonds is 5. The molecule has 0 spiro atoms. The van der Waals surface area contributed by atoms with Crippen molar-refractivity contribution in [3.05, 3.63) is 55.0 Å². The Kier molecular flexibility index (Phi) is 5.60. The van der Waals surface area contributed by atoms with Crippen molar-refractivity contribution in [2.75, 3.05) is 11.8 Å². The minimum absolute atomic E-state index is 0.182. The molecule has 0 bridgehead atoms. The number of nitrogens with zero attached hydrogens (tertiary/aromatic N) is 1. The number of halogens is 2. The van der Waals surface area contributed by atoms with E-state index in [0.29, 0.717) is 11.3 Å². The van der Waals surface area contributed by atoms with E-state index >= 15 is 0 Å². The van der Waals surface area contributed by atoms with Crippen LogP contribution in [0.25, 0.3) is 0 Å². The van der Waals surface area contributed by atoms with E-state index in [2.05, 4.69) is 20.7 Å². The fourth-order valence-electron chi connectivity index (χ4n) is 2.25. The lowest BCUT2D eigenvalue weighted by Gasteiger charge is -2.14. The van der Waals surface area contributed by atoms with E-state index in [0.717, 1.165) is 11.6 Å². The molecule has 2 aromatic rings. The molecule has 0 atom stereocenters. The maximum Gasteiger partial charge on any atom is 0.327 e. The van der Waals surface area contributed by atoms with E-state index in [1.165, 1.54) is 7.11 Å². The van der Waals surface area contributed by atoms with Gasteiger partial charge < -0.3 is 4.74 Å². The molecule has 1 N–H and O–H groups in total. The second-order valence-electron chi connectivity index (χ2n) is 5.23. The molecule has 0 heterocycles. The summed E-state index contributed by atoms with van der Waals surface area (Å²) in [6.45, 7) is 3.64. The molecule has 0 aliphatic heterocycles. The van der Waals surface area contributed by atoms with E-state index in [1.54, 1.807) is 19.1 Å². The van der Waals surface area contributed by atoms with Gasteiger partial charge in [-0.15, -0.1) is 0 Å². The molecule has 0 aromatic heterocycles. The van der Waals surface area contributed by atoms with Gasteiger partial charge in [-0.3, -0.25) is 14.8 Å². The second-order valence-corrected chi connectivity index (χ2v) is 8.08. The lowest BCUT2D eigenvalue weighted by molar-refractivity contribution is -0.386. The van der Waals surface area contributed by atoms with Crippen molar-refractivity contribution < 1.29 is 18.1 Å². The van der Waals surface area contributed by atoms with Crippen LogP contribution in [-0.2, 0) is 10.0 Å². The topological polar surface area (TPSA) is 98.5 Å². The van der Waals surface area contributed by atoms with E-state index in [9.17, 15) is 18.5 Å². The van der Waals surface area contributed by atoms with Gasteiger partial charge in [-0.1, -0.05) is 29.3 Å². The van der Waals surface area contributed by atoms with Crippen LogP contribution in [0.5, 0.6) is 5.75 Å². The zero-order valence-electron chi connectivity index (χ0n) is 13.5. The van der Waals surface area contributed by atoms with Crippen molar-refractivity contribution in [1.29, 1.82) is 0 Å². The number of nitro groups is 1. The van der Waals surface area contributed by atoms with Crippen LogP contribution in [0.15, 0.2) is 33.6 Å². The maximum absolute atomic E-state index is 12.7. The zero-order valence-corrected chi connectivity index (χ0v) is 16.6. The predicted octanol–water partition coefficient (Wildman–Crippen LogP) is 4.44. The van der Waals surface area contributed by atoms with Crippen LogP contribution < -0.4 is 9.46 Å². The summed E-state index contributed by atoms with van der Waals surface area (Å²) >= 11 is 8.96. The van der Waals surface area contributed by atoms with Crippen LogP contribution in [0.4, 0.5) is 11.4 Å². The third-order valence-electron chi connectivity index (χ3n) is 3.42. The van der Waals surface area contributed by atoms with Gasteiger partial charge in [-0.05, 0) is 47.5 Å². The van der Waals surface area contributed by atoms with Crippen molar-refractivity contribution in [2.45, 2.75) is 18.7 Å². The number of nitro benzene ring substituents is 1. The first kappa shape index (κ1) is 19.5. The fourth-order valence-corrected chi connectivity index (χ4v) is 4.91. The van der Waals surface area contributed by atoms with Crippen molar-refractivity contribution >= 4 is 48.9 Å². The highest BCUT2D eigenvalue weighted by Gasteiger charge is 2.31. The van der Waals surface area contributed by atoms with Gasteiger partial charge in [0.1, 0.15) is 9.37 Å². The third-order valence-corrected chi connectivity index (χ3v) is 6.15. The first-order valence-corrected chi connectivity index (χ1v) is 9.54. The maximum atomic E-state index is 12.7. The minimum Gasteiger partial charge on any atom is -0.489 e. The Hall–Kier alpha value is -1.84. The molecule has 0 saturated heterocycles. The van der Waals surface area contributed by atoms with Crippen molar-refractivity contribution in [3.63, 3.8) is 0 Å². The number of methoxy groups -OCH3 is 1. The summed E-state index contributed by atoms with van der Waals surface area (Å²) in [6, 6.07) is 6.29. The monoisotopic (exact) mass is 448 g/mol. The first-order chi connectivity index (χ1) is 11.6. The highest BCUT2D eigenvalue weighted by atomic mass is 79.9. The number of benzene rings is 2. The summed E-state index contributed by atoms with van der Waals surface area (Å²) < 4.78 is 32.5. The SMILES string of the molecule is COc1c(Cl)cc(S(=O)(=O)Nc2ccc(C)cc2C)c(Br)c1[N+](=O)[O-]. The number of nitrogens with one attached hydrogen (secondary N) is 1. The lowest BCUT2D eigenvalue weighted by atomic mass is 10.1. The van der Waals surface area contributed by atoms with Crippen molar-refractivity contribution in [2.24, 2.45) is 0 Å². The Balaban J connectivity index is 2.62. The number of sulfonamides is 1. The molecule has 0 amide bonds. The van der Waals surface area contributed by atoms with Crippen LogP contribution >= 0.6 is 27.5 Å². The fraction of sp³-hybridized carbons (Fsp3) is 0.200. The summed E-state index contributed by atoms with van der Waals surface area (Å²) in [4.78, 5) is 10.2. The summed E-state index contributed by atoms with van der Waals surface area (Å²) in [7, 11) is -2.91. The first-order valence-electron chi connectivity index (χ1n) is 6.89. The summed E-state index contributed by atoms with van der Waals surface area (Å²) in [6.07, 6.45) is 0. The molecule has 0 saturated carbocycles. The summed E-state index contributed by atoms with van der Waals surface area (Å²) in [5.74, 6) is -0.219. The van der Waals surface area contributed by atoms with E-state index in [1.807, 2.05) is 13.0 Å². The molecule has 0 unspecified atom stereocenters. The van der Waals surface area contributed by atoms with Crippen LogP contribution in [0, 0.1) is 24.0 Å². The summed E-state index contributed by atoms with van der Waals surface area (Å²) in [5, 5.41) is 11.1. The predicted molar refractivity (Wildman–Crippen MR) is 99.1 cm³/mol. The third kappa shape index (κ3) is 3.88. The molecule has 0 fully saturated rings. The van der Waals surface area contributed by atoms with Gasteiger partial charge in [0.2, 0.25) is 5.75 Å². The average molecular weight is 450 g/mol. The Morgan fingerprint density at radius 2 is 1.92 bits per heavy atom. The Morgan fingerprint density at radius 3 is 2.44 bits per heavy atom. The van der Waals surface area contributed by atoms with Crippen LogP contribution in [0.3, 0.4) is 0 Å². The number of anilines is 1. The molecule has 0 aliphatic carbocycles. The number of hydrogen-bond acceptors (Lipinski definition) is 5. The van der Waals surface area contributed by atoms with Crippen molar-refractivity contribution in [3.8, 4) is 5.75 Å². The zero-order chi connectivity index (χ0) is 18.9. The smallest absolute Gasteiger partial charge is 0.327 e. The van der Waals surface area contributed by atoms with Crippen molar-refractivity contribution in [1.82, 2.24) is 0 Å². The van der Waals surface area contributed by atoms with Crippen LogP contribution in [0.2, 0.25) is 5.02 Å². The van der Waals surface area contributed by atoms with Gasteiger partial charge in [0.15, 0.2) is 0 Å². The van der Waals surface area contributed by atoms with Gasteiger partial charge in [-0.2, -0.15) is 0 Å². The Morgan fingerprint density at radius 1 is 1.28 bits per heavy atom. The standard InChI is InChI=1S/C15H14BrClN2O5S/c1-8-4-5-11(9(2)6-8)18-25(22,23)12-7-10(17)15(24-3)14(13(12)16)19(20)21/h4-7,18H,1-3H3. The Labute approximate surface area is 158 Å². The molecule has 134 valence electrons. The molecular weight excluding hydrogens is 436 g/mol. The number of ether oxygens (including phenoxy) is 1. The van der Waals surface area contributed by atoms with E-state index in [4.69, 9.17) is 16.3 Å². The van der Waals surface area contributed by atoms with Crippen LogP contribution in [-0.4, -0.2) is 20.5 Å². The normalized spacial score (nSPS) is 11.2. The van der Waals surface area contributed by atoms with Gasteiger partial charge in [0.25, 0.3) is 10.0 Å². The van der Waals surface area contributed by atoms with E-state index < -0.39 is 20.6 Å².